The third-order valence-electron chi connectivity index (χ3n) is 3.05. The lowest BCUT2D eigenvalue weighted by Crippen LogP contribution is -2.22. The molecule has 0 aliphatic rings. The smallest absolute Gasteiger partial charge is 0.338 e. The highest BCUT2D eigenvalue weighted by Gasteiger charge is 2.09. The number of ether oxygens (including phenoxy) is 1. The van der Waals surface area contributed by atoms with E-state index in [0.717, 1.165) is 10.6 Å². The quantitative estimate of drug-likeness (QED) is 0.630. The van der Waals surface area contributed by atoms with Crippen LogP contribution in [0.15, 0.2) is 52.5 Å². The number of carbonyl (C=O) groups excluding carboxylic acids is 1. The van der Waals surface area contributed by atoms with Gasteiger partial charge in [0.25, 0.3) is 0 Å². The van der Waals surface area contributed by atoms with E-state index in [1.54, 1.807) is 25.3 Å². The molecule has 2 aromatic rings. The minimum Gasteiger partial charge on any atom is -0.462 e. The third-order valence-corrected chi connectivity index (χ3v) is 3.98. The van der Waals surface area contributed by atoms with E-state index in [1.807, 2.05) is 24.3 Å². The van der Waals surface area contributed by atoms with E-state index in [2.05, 4.69) is 10.3 Å². The highest BCUT2D eigenvalue weighted by Crippen LogP contribution is 2.28. The second-order valence-electron chi connectivity index (χ2n) is 4.95. The summed E-state index contributed by atoms with van der Waals surface area (Å²) in [6.45, 7) is 2.07. The van der Waals surface area contributed by atoms with Gasteiger partial charge >= 0.3 is 5.97 Å². The van der Waals surface area contributed by atoms with Gasteiger partial charge in [-0.2, -0.15) is 0 Å². The Balaban J connectivity index is 2.05. The molecule has 0 aliphatic heterocycles. The van der Waals surface area contributed by atoms with Gasteiger partial charge in [-0.1, -0.05) is 17.8 Å². The average molecular weight is 348 g/mol. The second-order valence-corrected chi connectivity index (χ2v) is 6.04. The Kier molecular flexibility index (Phi) is 7.05. The van der Waals surface area contributed by atoms with Gasteiger partial charge in [0.2, 0.25) is 0 Å². The summed E-state index contributed by atoms with van der Waals surface area (Å²) in [5, 5.41) is 21.9. The van der Waals surface area contributed by atoms with Crippen LogP contribution in [-0.2, 0) is 4.74 Å². The normalized spacial score (nSPS) is 11.8. The van der Waals surface area contributed by atoms with Gasteiger partial charge in [0, 0.05) is 23.3 Å². The first-order chi connectivity index (χ1) is 11.6. The standard InChI is InChI=1S/C17H20N2O4S/c1-2-23-17(22)12-6-7-18-16(8-12)24-15-5-3-4-13(9-15)19-10-14(21)11-20/h3-9,14,19-21H,2,10-11H2,1H3. The first kappa shape index (κ1) is 18.3. The summed E-state index contributed by atoms with van der Waals surface area (Å²) in [6, 6.07) is 10.9. The number of aliphatic hydroxyl groups is 2. The number of hydrogen-bond donors (Lipinski definition) is 3. The third kappa shape index (κ3) is 5.52. The van der Waals surface area contributed by atoms with Gasteiger partial charge < -0.3 is 20.3 Å². The SMILES string of the molecule is CCOC(=O)c1ccnc(Sc2cccc(NCC(O)CO)c2)c1. The summed E-state index contributed by atoms with van der Waals surface area (Å²) in [6.07, 6.45) is 0.776. The van der Waals surface area contributed by atoms with E-state index in [-0.39, 0.29) is 19.1 Å². The minimum atomic E-state index is -0.802. The summed E-state index contributed by atoms with van der Waals surface area (Å²) in [5.41, 5.74) is 1.30. The van der Waals surface area contributed by atoms with Gasteiger partial charge in [0.05, 0.1) is 24.9 Å². The molecule has 1 atom stereocenters. The topological polar surface area (TPSA) is 91.7 Å². The van der Waals surface area contributed by atoms with Crippen LogP contribution < -0.4 is 5.32 Å². The number of aromatic nitrogens is 1. The Morgan fingerprint density at radius 2 is 2.21 bits per heavy atom. The molecule has 2 rings (SSSR count). The zero-order chi connectivity index (χ0) is 17.4. The minimum absolute atomic E-state index is 0.265. The van der Waals surface area contributed by atoms with E-state index in [4.69, 9.17) is 9.84 Å². The lowest BCUT2D eigenvalue weighted by atomic mass is 10.3. The van der Waals surface area contributed by atoms with Crippen LogP contribution in [0.2, 0.25) is 0 Å². The van der Waals surface area contributed by atoms with Gasteiger partial charge in [-0.15, -0.1) is 0 Å². The zero-order valence-corrected chi connectivity index (χ0v) is 14.1. The summed E-state index contributed by atoms with van der Waals surface area (Å²) in [5.74, 6) is -0.366. The number of anilines is 1. The molecule has 24 heavy (non-hydrogen) atoms. The molecule has 7 heteroatoms. The summed E-state index contributed by atoms with van der Waals surface area (Å²) in [4.78, 5) is 17.0. The molecule has 6 nitrogen and oxygen atoms in total. The molecule has 0 aliphatic carbocycles. The number of carbonyl (C=O) groups is 1. The molecule has 1 aromatic heterocycles. The maximum atomic E-state index is 11.8. The van der Waals surface area contributed by atoms with Crippen molar-refractivity contribution in [2.75, 3.05) is 25.1 Å². The number of benzene rings is 1. The second kappa shape index (κ2) is 9.27. The highest BCUT2D eigenvalue weighted by atomic mass is 32.2. The summed E-state index contributed by atoms with van der Waals surface area (Å²) < 4.78 is 4.99. The Morgan fingerprint density at radius 3 is 2.96 bits per heavy atom. The molecule has 1 unspecified atom stereocenters. The Morgan fingerprint density at radius 1 is 1.38 bits per heavy atom. The Hall–Kier alpha value is -2.09. The van der Waals surface area contributed by atoms with Crippen molar-refractivity contribution >= 4 is 23.4 Å². The summed E-state index contributed by atoms with van der Waals surface area (Å²) >= 11 is 1.42. The molecular weight excluding hydrogens is 328 g/mol. The van der Waals surface area contributed by atoms with Crippen LogP contribution in [0.1, 0.15) is 17.3 Å². The molecule has 128 valence electrons. The lowest BCUT2D eigenvalue weighted by Gasteiger charge is -2.11. The fourth-order valence-corrected chi connectivity index (χ4v) is 2.77. The summed E-state index contributed by atoms with van der Waals surface area (Å²) in [7, 11) is 0. The van der Waals surface area contributed by atoms with Crippen LogP contribution in [0.25, 0.3) is 0 Å². The van der Waals surface area contributed by atoms with Crippen LogP contribution in [-0.4, -0.2) is 47.0 Å². The van der Waals surface area contributed by atoms with E-state index in [1.165, 1.54) is 11.8 Å². The monoisotopic (exact) mass is 348 g/mol. The molecule has 0 saturated heterocycles. The van der Waals surface area contributed by atoms with Crippen LogP contribution in [0.4, 0.5) is 5.69 Å². The molecule has 0 fully saturated rings. The van der Waals surface area contributed by atoms with Crippen LogP contribution >= 0.6 is 11.8 Å². The molecule has 3 N–H and O–H groups in total. The van der Waals surface area contributed by atoms with E-state index >= 15 is 0 Å². The molecule has 1 aromatic carbocycles. The number of nitrogens with zero attached hydrogens (tertiary/aromatic N) is 1. The van der Waals surface area contributed by atoms with E-state index in [9.17, 15) is 9.90 Å². The predicted octanol–water partition coefficient (Wildman–Crippen LogP) is 2.17. The predicted molar refractivity (Wildman–Crippen MR) is 92.3 cm³/mol. The van der Waals surface area contributed by atoms with Crippen molar-refractivity contribution in [3.8, 4) is 0 Å². The van der Waals surface area contributed by atoms with Crippen LogP contribution in [0, 0.1) is 0 Å². The van der Waals surface area contributed by atoms with Crippen molar-refractivity contribution in [3.05, 3.63) is 48.2 Å². The fourth-order valence-electron chi connectivity index (χ4n) is 1.90. The number of nitrogens with one attached hydrogen (secondary N) is 1. The number of esters is 1. The highest BCUT2D eigenvalue weighted by molar-refractivity contribution is 7.99. The van der Waals surface area contributed by atoms with Gasteiger partial charge in [-0.25, -0.2) is 9.78 Å². The van der Waals surface area contributed by atoms with Gasteiger partial charge in [-0.05, 0) is 37.3 Å². The number of hydrogen-bond acceptors (Lipinski definition) is 7. The van der Waals surface area contributed by atoms with Crippen LogP contribution in [0.5, 0.6) is 0 Å². The largest absolute Gasteiger partial charge is 0.462 e. The van der Waals surface area contributed by atoms with E-state index in [0.29, 0.717) is 17.2 Å². The zero-order valence-electron chi connectivity index (χ0n) is 13.3. The molecule has 1 heterocycles. The molecule has 0 bridgehead atoms. The van der Waals surface area contributed by atoms with Crippen molar-refractivity contribution in [2.45, 2.75) is 22.9 Å². The fraction of sp³-hybridized carbons (Fsp3) is 0.294. The maximum Gasteiger partial charge on any atom is 0.338 e. The molecule has 0 saturated carbocycles. The number of rotatable bonds is 8. The van der Waals surface area contributed by atoms with Crippen LogP contribution in [0.3, 0.4) is 0 Å². The first-order valence-corrected chi connectivity index (χ1v) is 8.38. The molecule has 0 radical (unpaired) electrons. The molecular formula is C17H20N2O4S. The van der Waals surface area contributed by atoms with Crippen molar-refractivity contribution in [3.63, 3.8) is 0 Å². The van der Waals surface area contributed by atoms with Crippen molar-refractivity contribution in [1.82, 2.24) is 4.98 Å². The van der Waals surface area contributed by atoms with E-state index < -0.39 is 6.10 Å². The van der Waals surface area contributed by atoms with Crippen molar-refractivity contribution < 1.29 is 19.7 Å². The van der Waals surface area contributed by atoms with Crippen molar-refractivity contribution in [1.29, 1.82) is 0 Å². The van der Waals surface area contributed by atoms with Gasteiger partial charge in [0.1, 0.15) is 5.03 Å². The van der Waals surface area contributed by atoms with Gasteiger partial charge in [0.15, 0.2) is 0 Å². The van der Waals surface area contributed by atoms with Gasteiger partial charge in [-0.3, -0.25) is 0 Å². The molecule has 0 spiro atoms. The Labute approximate surface area is 144 Å². The average Bonchev–Trinajstić information content (AvgIpc) is 2.60. The van der Waals surface area contributed by atoms with Crippen molar-refractivity contribution in [2.24, 2.45) is 0 Å². The first-order valence-electron chi connectivity index (χ1n) is 7.56. The molecule has 0 amide bonds. The Bertz CT molecular complexity index is 681. The number of aliphatic hydroxyl groups excluding tert-OH is 2. The maximum absolute atomic E-state index is 11.8. The number of pyridine rings is 1. The lowest BCUT2D eigenvalue weighted by molar-refractivity contribution is 0.0526.